The molecule has 0 aliphatic rings. The van der Waals surface area contributed by atoms with Gasteiger partial charge in [0.15, 0.2) is 5.78 Å². The Bertz CT molecular complexity index is 1190. The van der Waals surface area contributed by atoms with Crippen LogP contribution < -0.4 is 4.74 Å². The van der Waals surface area contributed by atoms with Crippen molar-refractivity contribution in [3.05, 3.63) is 82.4 Å². The smallest absolute Gasteiger partial charge is 0.355 e. The van der Waals surface area contributed by atoms with Crippen LogP contribution in [0.25, 0.3) is 0 Å². The first kappa shape index (κ1) is 24.7. The molecule has 1 atom stereocenters. The normalized spacial score (nSPS) is 11.6. The summed E-state index contributed by atoms with van der Waals surface area (Å²) in [4.78, 5) is 48.2. The quantitative estimate of drug-likeness (QED) is 0.378. The van der Waals surface area contributed by atoms with Gasteiger partial charge in [0.25, 0.3) is 5.91 Å². The summed E-state index contributed by atoms with van der Waals surface area (Å²) in [5.74, 6) is -0.570. The number of ether oxygens (including phenoxy) is 2. The lowest BCUT2D eigenvalue weighted by atomic mass is 9.98. The van der Waals surface area contributed by atoms with Gasteiger partial charge in [-0.05, 0) is 63.1 Å². The number of carbonyl (C=O) groups excluding carboxylic acids is 3. The molecule has 3 aromatic rings. The highest BCUT2D eigenvalue weighted by Crippen LogP contribution is 2.24. The molecule has 0 saturated heterocycles. The molecule has 0 spiro atoms. The predicted molar refractivity (Wildman–Crippen MR) is 127 cm³/mol. The van der Waals surface area contributed by atoms with Gasteiger partial charge in [-0.15, -0.1) is 0 Å². The van der Waals surface area contributed by atoms with Gasteiger partial charge in [0, 0.05) is 35.8 Å². The number of Topliss-reactive ketones (excluding diaryl/α,β-unsaturated/α-hetero) is 1. The number of benzene rings is 1. The summed E-state index contributed by atoms with van der Waals surface area (Å²) in [5.41, 5.74) is 2.86. The summed E-state index contributed by atoms with van der Waals surface area (Å²) in [5, 5.41) is 0. The van der Waals surface area contributed by atoms with Crippen LogP contribution in [-0.4, -0.2) is 52.3 Å². The molecule has 2 heterocycles. The zero-order chi connectivity index (χ0) is 24.8. The fourth-order valence-corrected chi connectivity index (χ4v) is 3.87. The molecule has 0 aliphatic carbocycles. The number of hydrogen-bond acceptors (Lipinski definition) is 6. The predicted octanol–water partition coefficient (Wildman–Crippen LogP) is 4.13. The summed E-state index contributed by atoms with van der Waals surface area (Å²) in [6.45, 7) is 7.24. The van der Waals surface area contributed by atoms with Gasteiger partial charge in [0.1, 0.15) is 11.4 Å². The second-order valence-corrected chi connectivity index (χ2v) is 7.91. The van der Waals surface area contributed by atoms with Crippen LogP contribution in [0.2, 0.25) is 0 Å². The van der Waals surface area contributed by atoms with E-state index in [0.717, 1.165) is 5.56 Å². The largest absolute Gasteiger partial charge is 0.497 e. The van der Waals surface area contributed by atoms with Gasteiger partial charge in [0.05, 0.1) is 19.8 Å². The summed E-state index contributed by atoms with van der Waals surface area (Å²) >= 11 is 0. The van der Waals surface area contributed by atoms with Crippen LogP contribution >= 0.6 is 0 Å². The summed E-state index contributed by atoms with van der Waals surface area (Å²) < 4.78 is 10.4. The molecule has 2 aromatic heterocycles. The van der Waals surface area contributed by atoms with Crippen molar-refractivity contribution in [3.8, 4) is 5.75 Å². The zero-order valence-electron chi connectivity index (χ0n) is 20.0. The van der Waals surface area contributed by atoms with Gasteiger partial charge in [-0.3, -0.25) is 14.6 Å². The first-order valence-corrected chi connectivity index (χ1v) is 11.0. The van der Waals surface area contributed by atoms with E-state index >= 15 is 0 Å². The number of nitrogens with one attached hydrogen (secondary N) is 1. The number of hydrogen-bond donors (Lipinski definition) is 1. The third kappa shape index (κ3) is 5.17. The van der Waals surface area contributed by atoms with E-state index in [2.05, 4.69) is 9.97 Å². The maximum absolute atomic E-state index is 13.7. The lowest BCUT2D eigenvalue weighted by molar-refractivity contribution is 0.0518. The highest BCUT2D eigenvalue weighted by molar-refractivity contribution is 6.07. The van der Waals surface area contributed by atoms with E-state index in [-0.39, 0.29) is 30.5 Å². The van der Waals surface area contributed by atoms with Gasteiger partial charge < -0.3 is 19.4 Å². The van der Waals surface area contributed by atoms with Crippen LogP contribution in [-0.2, 0) is 11.3 Å². The lowest BCUT2D eigenvalue weighted by Gasteiger charge is -2.29. The van der Waals surface area contributed by atoms with Crippen molar-refractivity contribution >= 4 is 17.7 Å². The molecule has 1 unspecified atom stereocenters. The first-order valence-electron chi connectivity index (χ1n) is 11.0. The zero-order valence-corrected chi connectivity index (χ0v) is 20.0. The van der Waals surface area contributed by atoms with E-state index in [1.165, 1.54) is 12.0 Å². The third-order valence-electron chi connectivity index (χ3n) is 5.66. The van der Waals surface area contributed by atoms with Crippen LogP contribution in [0.5, 0.6) is 5.75 Å². The number of H-pyrrole nitrogens is 1. The topological polar surface area (TPSA) is 102 Å². The van der Waals surface area contributed by atoms with E-state index in [9.17, 15) is 14.4 Å². The number of pyridine rings is 1. The Kier molecular flexibility index (Phi) is 7.83. The van der Waals surface area contributed by atoms with Gasteiger partial charge in [-0.25, -0.2) is 4.79 Å². The number of esters is 1. The van der Waals surface area contributed by atoms with Gasteiger partial charge >= 0.3 is 5.97 Å². The highest BCUT2D eigenvalue weighted by Gasteiger charge is 2.32. The average Bonchev–Trinajstić information content (AvgIpc) is 3.15. The van der Waals surface area contributed by atoms with E-state index in [1.807, 2.05) is 6.07 Å². The number of aryl methyl sites for hydroxylation is 1. The molecule has 0 fully saturated rings. The van der Waals surface area contributed by atoms with Crippen LogP contribution in [0.1, 0.15) is 61.9 Å². The molecule has 1 N–H and O–H groups in total. The standard InChI is InChI=1S/C26H29N3O5/c1-6-34-26(32)23-16(2)22(17(3)28-23)24(30)18(4)29(15-19-9-8-12-27-14-19)25(31)20-10-7-11-21(13-20)33-5/h7-14,18,28H,6,15H2,1-5H3. The maximum atomic E-state index is 13.7. The molecule has 0 aliphatic heterocycles. The van der Waals surface area contributed by atoms with Crippen molar-refractivity contribution in [2.24, 2.45) is 0 Å². The molecule has 0 radical (unpaired) electrons. The molecule has 1 amide bonds. The fraction of sp³-hybridized carbons (Fsp3) is 0.308. The Morgan fingerprint density at radius 3 is 2.56 bits per heavy atom. The molecule has 0 saturated carbocycles. The van der Waals surface area contributed by atoms with Crippen molar-refractivity contribution < 1.29 is 23.9 Å². The number of nitrogens with zero attached hydrogens (tertiary/aromatic N) is 2. The average molecular weight is 464 g/mol. The van der Waals surface area contributed by atoms with E-state index in [1.54, 1.807) is 70.4 Å². The number of amides is 1. The van der Waals surface area contributed by atoms with Crippen molar-refractivity contribution in [1.29, 1.82) is 0 Å². The molecular weight excluding hydrogens is 434 g/mol. The van der Waals surface area contributed by atoms with Gasteiger partial charge in [-0.2, -0.15) is 0 Å². The minimum atomic E-state index is -0.817. The first-order chi connectivity index (χ1) is 16.3. The monoisotopic (exact) mass is 463 g/mol. The van der Waals surface area contributed by atoms with Crippen molar-refractivity contribution in [1.82, 2.24) is 14.9 Å². The van der Waals surface area contributed by atoms with Crippen molar-refractivity contribution in [3.63, 3.8) is 0 Å². The molecular formula is C26H29N3O5. The summed E-state index contributed by atoms with van der Waals surface area (Å²) in [6, 6.07) is 9.62. The van der Waals surface area contributed by atoms with Gasteiger partial charge in [0.2, 0.25) is 0 Å². The van der Waals surface area contributed by atoms with E-state index < -0.39 is 12.0 Å². The fourth-order valence-electron chi connectivity index (χ4n) is 3.87. The Labute approximate surface area is 198 Å². The number of rotatable bonds is 9. The highest BCUT2D eigenvalue weighted by atomic mass is 16.5. The van der Waals surface area contributed by atoms with Gasteiger partial charge in [-0.1, -0.05) is 12.1 Å². The van der Waals surface area contributed by atoms with Crippen LogP contribution in [0.3, 0.4) is 0 Å². The van der Waals surface area contributed by atoms with Crippen molar-refractivity contribution in [2.75, 3.05) is 13.7 Å². The van der Waals surface area contributed by atoms with Crippen LogP contribution in [0.15, 0.2) is 48.8 Å². The van der Waals surface area contributed by atoms with Crippen LogP contribution in [0, 0.1) is 13.8 Å². The van der Waals surface area contributed by atoms with Crippen LogP contribution in [0.4, 0.5) is 0 Å². The van der Waals surface area contributed by atoms with Crippen molar-refractivity contribution in [2.45, 2.75) is 40.3 Å². The molecule has 8 nitrogen and oxygen atoms in total. The Morgan fingerprint density at radius 1 is 1.15 bits per heavy atom. The molecule has 1 aromatic carbocycles. The molecule has 8 heteroatoms. The molecule has 178 valence electrons. The molecule has 0 bridgehead atoms. The molecule has 3 rings (SSSR count). The third-order valence-corrected chi connectivity index (χ3v) is 5.66. The number of methoxy groups -OCH3 is 1. The van der Waals surface area contributed by atoms with E-state index in [0.29, 0.717) is 28.1 Å². The lowest BCUT2D eigenvalue weighted by Crippen LogP contribution is -2.43. The SMILES string of the molecule is CCOC(=O)c1[nH]c(C)c(C(=O)C(C)N(Cc2cccnc2)C(=O)c2cccc(OC)c2)c1C. The number of carbonyl (C=O) groups is 3. The Hall–Kier alpha value is -3.94. The summed E-state index contributed by atoms with van der Waals surface area (Å²) in [6.07, 6.45) is 3.31. The molecule has 34 heavy (non-hydrogen) atoms. The Morgan fingerprint density at radius 2 is 1.91 bits per heavy atom. The Balaban J connectivity index is 1.99. The number of ketones is 1. The second kappa shape index (κ2) is 10.8. The second-order valence-electron chi connectivity index (χ2n) is 7.91. The minimum absolute atomic E-state index is 0.185. The number of aromatic nitrogens is 2. The maximum Gasteiger partial charge on any atom is 0.355 e. The van der Waals surface area contributed by atoms with E-state index in [4.69, 9.17) is 9.47 Å². The minimum Gasteiger partial charge on any atom is -0.497 e. The summed E-state index contributed by atoms with van der Waals surface area (Å²) in [7, 11) is 1.53. The number of aromatic amines is 1.